The van der Waals surface area contributed by atoms with Gasteiger partial charge in [-0.1, -0.05) is 47.5 Å². The topological polar surface area (TPSA) is 52.2 Å². The molecule has 0 spiro atoms. The van der Waals surface area contributed by atoms with Crippen LogP contribution in [-0.4, -0.2) is 22.3 Å². The van der Waals surface area contributed by atoms with E-state index in [-0.39, 0.29) is 12.4 Å². The van der Waals surface area contributed by atoms with Gasteiger partial charge in [0.15, 0.2) is 0 Å². The summed E-state index contributed by atoms with van der Waals surface area (Å²) in [7, 11) is 0. The normalized spacial score (nSPS) is 10.7. The highest BCUT2D eigenvalue weighted by Crippen LogP contribution is 2.23. The number of nitrogens with zero attached hydrogens (tertiary/aromatic N) is 2. The molecule has 0 aliphatic carbocycles. The molecule has 33 heavy (non-hydrogen) atoms. The van der Waals surface area contributed by atoms with E-state index in [1.54, 1.807) is 0 Å². The lowest BCUT2D eigenvalue weighted by atomic mass is 10.3. The maximum Gasteiger partial charge on any atom is 0.202 e. The summed E-state index contributed by atoms with van der Waals surface area (Å²) in [6, 6.07) is 23.0. The van der Waals surface area contributed by atoms with Gasteiger partial charge in [-0.3, -0.25) is 5.41 Å². The Morgan fingerprint density at radius 1 is 0.697 bits per heavy atom. The Labute approximate surface area is 209 Å². The van der Waals surface area contributed by atoms with Crippen molar-refractivity contribution in [2.45, 2.75) is 25.9 Å². The quantitative estimate of drug-likeness (QED) is 0.247. The van der Waals surface area contributed by atoms with Crippen molar-refractivity contribution >= 4 is 46.6 Å². The lowest BCUT2D eigenvalue weighted by molar-refractivity contribution is 0.297. The van der Waals surface area contributed by atoms with Crippen molar-refractivity contribution in [1.29, 1.82) is 5.41 Å². The zero-order valence-corrected chi connectivity index (χ0v) is 20.4. The van der Waals surface area contributed by atoms with Gasteiger partial charge in [0.1, 0.15) is 11.5 Å². The average Bonchev–Trinajstić information content (AvgIpc) is 3.07. The van der Waals surface area contributed by atoms with Crippen LogP contribution >= 0.6 is 35.6 Å². The number of fused-ring (bicyclic) bond motifs is 1. The molecule has 0 aliphatic rings. The summed E-state index contributed by atoms with van der Waals surface area (Å²) in [4.78, 5) is 0. The highest BCUT2D eigenvalue weighted by atomic mass is 35.5. The predicted octanol–water partition coefficient (Wildman–Crippen LogP) is 6.59. The molecule has 3 aromatic carbocycles. The third-order valence-electron chi connectivity index (χ3n) is 5.20. The minimum absolute atomic E-state index is 0. The molecule has 0 fully saturated rings. The molecule has 0 atom stereocenters. The fourth-order valence-corrected chi connectivity index (χ4v) is 3.97. The van der Waals surface area contributed by atoms with Crippen LogP contribution in [0.15, 0.2) is 72.8 Å². The number of nitrogens with one attached hydrogen (secondary N) is 1. The smallest absolute Gasteiger partial charge is 0.202 e. The van der Waals surface area contributed by atoms with E-state index in [2.05, 4.69) is 12.1 Å². The summed E-state index contributed by atoms with van der Waals surface area (Å²) in [5.41, 5.74) is 2.58. The van der Waals surface area contributed by atoms with E-state index in [9.17, 15) is 0 Å². The van der Waals surface area contributed by atoms with E-state index < -0.39 is 0 Å². The fourth-order valence-electron chi connectivity index (χ4n) is 3.66. The second kappa shape index (κ2) is 12.0. The van der Waals surface area contributed by atoms with Crippen molar-refractivity contribution in [3.8, 4) is 11.5 Å². The van der Waals surface area contributed by atoms with E-state index in [1.165, 1.54) is 0 Å². The number of hydrogen-bond donors (Lipinski definition) is 1. The maximum atomic E-state index is 8.74. The summed E-state index contributed by atoms with van der Waals surface area (Å²) in [5.74, 6) is 1.49. The largest absolute Gasteiger partial charge is 0.494 e. The van der Waals surface area contributed by atoms with E-state index in [0.717, 1.165) is 29.6 Å². The molecule has 4 rings (SSSR count). The van der Waals surface area contributed by atoms with Gasteiger partial charge in [-0.2, -0.15) is 0 Å². The van der Waals surface area contributed by atoms with Gasteiger partial charge < -0.3 is 18.6 Å². The number of para-hydroxylation sites is 3. The summed E-state index contributed by atoms with van der Waals surface area (Å²) >= 11 is 12.1. The third kappa shape index (κ3) is 6.26. The first-order valence-corrected chi connectivity index (χ1v) is 11.4. The Bertz CT molecular complexity index is 1240. The van der Waals surface area contributed by atoms with Crippen LogP contribution in [-0.2, 0) is 13.1 Å². The van der Waals surface area contributed by atoms with E-state index >= 15 is 0 Å². The molecule has 0 saturated heterocycles. The van der Waals surface area contributed by atoms with Crippen molar-refractivity contribution in [1.82, 2.24) is 9.13 Å². The number of aryl methyl sites for hydroxylation is 2. The molecule has 0 amide bonds. The number of aromatic nitrogens is 2. The monoisotopic (exact) mass is 505 g/mol. The second-order valence-electron chi connectivity index (χ2n) is 7.40. The molecular weight excluding hydrogens is 481 g/mol. The third-order valence-corrected chi connectivity index (χ3v) is 5.77. The first-order valence-electron chi connectivity index (χ1n) is 10.6. The maximum absolute atomic E-state index is 8.74. The number of hydrogen-bond acceptors (Lipinski definition) is 3. The van der Waals surface area contributed by atoms with Crippen LogP contribution in [0.2, 0.25) is 10.0 Å². The van der Waals surface area contributed by atoms with Crippen molar-refractivity contribution in [3.05, 3.63) is 88.5 Å². The van der Waals surface area contributed by atoms with Crippen LogP contribution < -0.4 is 15.1 Å². The lowest BCUT2D eigenvalue weighted by Crippen LogP contribution is -2.26. The second-order valence-corrected chi connectivity index (χ2v) is 8.25. The molecule has 5 nitrogen and oxygen atoms in total. The Morgan fingerprint density at radius 2 is 1.24 bits per heavy atom. The van der Waals surface area contributed by atoms with E-state index in [1.807, 2.05) is 69.8 Å². The van der Waals surface area contributed by atoms with Gasteiger partial charge in [-0.05, 0) is 61.4 Å². The van der Waals surface area contributed by atoms with Crippen LogP contribution in [0.4, 0.5) is 0 Å². The van der Waals surface area contributed by atoms with Gasteiger partial charge in [0.05, 0.1) is 29.3 Å². The zero-order chi connectivity index (χ0) is 22.3. The van der Waals surface area contributed by atoms with Gasteiger partial charge in [-0.15, -0.1) is 12.4 Å². The SMILES string of the molecule is Cl.N=c1n(CCCOc2ccc(Cl)cc2)c2ccccc2n1CCCOc1ccccc1Cl. The fraction of sp³-hybridized carbons (Fsp3) is 0.240. The van der Waals surface area contributed by atoms with Crippen molar-refractivity contribution in [3.63, 3.8) is 0 Å². The van der Waals surface area contributed by atoms with Crippen LogP contribution in [0.1, 0.15) is 12.8 Å². The van der Waals surface area contributed by atoms with Crippen molar-refractivity contribution < 1.29 is 9.47 Å². The molecule has 8 heteroatoms. The molecular formula is C25H26Cl3N3O2. The predicted molar refractivity (Wildman–Crippen MR) is 136 cm³/mol. The average molecular weight is 507 g/mol. The molecule has 1 N–H and O–H groups in total. The number of halogens is 3. The lowest BCUT2D eigenvalue weighted by Gasteiger charge is -2.09. The van der Waals surface area contributed by atoms with Crippen molar-refractivity contribution in [2.24, 2.45) is 0 Å². The van der Waals surface area contributed by atoms with Gasteiger partial charge in [-0.25, -0.2) is 0 Å². The standard InChI is InChI=1S/C25H25Cl2N3O2.ClH/c26-19-11-13-20(14-12-19)31-17-5-15-29-22-8-2-3-9-23(22)30(25(29)28)16-6-18-32-24-10-4-1-7-21(24)27;/h1-4,7-14,28H,5-6,15-18H2;1H. The van der Waals surface area contributed by atoms with Crippen LogP contribution in [0.25, 0.3) is 11.0 Å². The van der Waals surface area contributed by atoms with Gasteiger partial charge in [0.25, 0.3) is 0 Å². The first kappa shape index (κ1) is 25.0. The van der Waals surface area contributed by atoms with Gasteiger partial charge in [0.2, 0.25) is 5.62 Å². The molecule has 0 unspecified atom stereocenters. The molecule has 1 heterocycles. The van der Waals surface area contributed by atoms with Crippen molar-refractivity contribution in [2.75, 3.05) is 13.2 Å². The van der Waals surface area contributed by atoms with Crippen LogP contribution in [0, 0.1) is 5.41 Å². The summed E-state index contributed by atoms with van der Waals surface area (Å²) < 4.78 is 15.7. The molecule has 1 aromatic heterocycles. The zero-order valence-electron chi connectivity index (χ0n) is 18.0. The summed E-state index contributed by atoms with van der Waals surface area (Å²) in [6.45, 7) is 2.50. The number of ether oxygens (including phenoxy) is 2. The van der Waals surface area contributed by atoms with Gasteiger partial charge >= 0.3 is 0 Å². The molecule has 0 radical (unpaired) electrons. The Kier molecular flexibility index (Phi) is 9.12. The molecule has 0 aliphatic heterocycles. The minimum atomic E-state index is 0. The van der Waals surface area contributed by atoms with E-state index in [4.69, 9.17) is 38.1 Å². The number of imidazole rings is 1. The Morgan fingerprint density at radius 3 is 1.85 bits per heavy atom. The summed E-state index contributed by atoms with van der Waals surface area (Å²) in [6.07, 6.45) is 1.57. The van der Waals surface area contributed by atoms with Gasteiger partial charge in [0, 0.05) is 18.1 Å². The highest BCUT2D eigenvalue weighted by Gasteiger charge is 2.10. The highest BCUT2D eigenvalue weighted by molar-refractivity contribution is 6.32. The molecule has 0 bridgehead atoms. The molecule has 0 saturated carbocycles. The van der Waals surface area contributed by atoms with Crippen LogP contribution in [0.5, 0.6) is 11.5 Å². The summed E-state index contributed by atoms with van der Waals surface area (Å²) in [5, 5.41) is 10.0. The number of benzene rings is 3. The molecule has 174 valence electrons. The van der Waals surface area contributed by atoms with E-state index in [0.29, 0.717) is 47.7 Å². The molecule has 4 aromatic rings. The number of rotatable bonds is 10. The minimum Gasteiger partial charge on any atom is -0.494 e. The van der Waals surface area contributed by atoms with Crippen LogP contribution in [0.3, 0.4) is 0 Å². The Balaban J connectivity index is 0.00000306. The Hall–Kier alpha value is -2.60. The first-order chi connectivity index (χ1) is 15.6.